The van der Waals surface area contributed by atoms with Crippen LogP contribution in [-0.2, 0) is 0 Å². The highest BCUT2D eigenvalue weighted by molar-refractivity contribution is 5.61. The molecule has 0 saturated carbocycles. The van der Waals surface area contributed by atoms with Crippen molar-refractivity contribution in [3.05, 3.63) is 6.20 Å². The fraction of sp³-hybridized carbons (Fsp3) is 0.500. The summed E-state index contributed by atoms with van der Waals surface area (Å²) in [5.41, 5.74) is 6.26. The van der Waals surface area contributed by atoms with Crippen molar-refractivity contribution in [1.29, 1.82) is 0 Å². The van der Waals surface area contributed by atoms with Crippen LogP contribution in [0.15, 0.2) is 6.20 Å². The summed E-state index contributed by atoms with van der Waals surface area (Å²) in [6.07, 6.45) is 1.55. The summed E-state index contributed by atoms with van der Waals surface area (Å²) in [6, 6.07) is 0.338. The van der Waals surface area contributed by atoms with E-state index in [0.717, 1.165) is 6.54 Å². The first-order valence-corrected chi connectivity index (χ1v) is 4.06. The Balaban J connectivity index is 3.03. The molecule has 0 fully saturated rings. The maximum Gasteiger partial charge on any atom is 0.318 e. The second-order valence-corrected chi connectivity index (χ2v) is 2.65. The lowest BCUT2D eigenvalue weighted by molar-refractivity contribution is 0.380. The van der Waals surface area contributed by atoms with Gasteiger partial charge in [-0.1, -0.05) is 0 Å². The van der Waals surface area contributed by atoms with Crippen LogP contribution < -0.4 is 15.4 Å². The molecular weight excluding hydrogens is 168 g/mol. The van der Waals surface area contributed by atoms with Crippen molar-refractivity contribution < 1.29 is 4.74 Å². The number of nitrogens with two attached hydrogens (primary N) is 1. The smallest absolute Gasteiger partial charge is 0.318 e. The number of rotatable bonds is 3. The summed E-state index contributed by atoms with van der Waals surface area (Å²) in [7, 11) is 3.44. The molecule has 0 bridgehead atoms. The first-order chi connectivity index (χ1) is 6.19. The van der Waals surface area contributed by atoms with Crippen LogP contribution in [0.3, 0.4) is 0 Å². The number of hydrogen-bond donors (Lipinski definition) is 1. The van der Waals surface area contributed by atoms with Crippen molar-refractivity contribution in [3.63, 3.8) is 0 Å². The highest BCUT2D eigenvalue weighted by atomic mass is 16.5. The van der Waals surface area contributed by atoms with Crippen LogP contribution in [-0.4, -0.2) is 30.7 Å². The first-order valence-electron chi connectivity index (χ1n) is 4.06. The van der Waals surface area contributed by atoms with Crippen LogP contribution in [0.4, 0.5) is 11.5 Å². The Morgan fingerprint density at radius 1 is 1.62 bits per heavy atom. The largest absolute Gasteiger partial charge is 0.467 e. The van der Waals surface area contributed by atoms with Crippen molar-refractivity contribution in [1.82, 2.24) is 9.97 Å². The van der Waals surface area contributed by atoms with Gasteiger partial charge in [-0.15, -0.1) is 0 Å². The minimum absolute atomic E-state index is 0.338. The molecule has 0 saturated heterocycles. The molecule has 0 radical (unpaired) electrons. The van der Waals surface area contributed by atoms with Crippen molar-refractivity contribution in [2.75, 3.05) is 31.3 Å². The van der Waals surface area contributed by atoms with E-state index in [1.54, 1.807) is 6.20 Å². The van der Waals surface area contributed by atoms with E-state index in [-0.39, 0.29) is 0 Å². The number of aromatic nitrogens is 2. The summed E-state index contributed by atoms with van der Waals surface area (Å²) in [5, 5.41) is 0. The molecule has 0 amide bonds. The van der Waals surface area contributed by atoms with Gasteiger partial charge in [-0.05, 0) is 6.92 Å². The molecule has 0 aliphatic carbocycles. The zero-order valence-corrected chi connectivity index (χ0v) is 8.11. The molecule has 0 spiro atoms. The number of nitrogen functional groups attached to an aromatic ring is 1. The summed E-state index contributed by atoms with van der Waals surface area (Å²) >= 11 is 0. The van der Waals surface area contributed by atoms with E-state index >= 15 is 0 Å². The third-order valence-electron chi connectivity index (χ3n) is 1.79. The van der Waals surface area contributed by atoms with E-state index in [1.807, 2.05) is 18.9 Å². The fourth-order valence-corrected chi connectivity index (χ4v) is 0.920. The zero-order chi connectivity index (χ0) is 9.84. The summed E-state index contributed by atoms with van der Waals surface area (Å²) in [5.74, 6) is 0.703. The van der Waals surface area contributed by atoms with Gasteiger partial charge in [-0.3, -0.25) is 0 Å². The summed E-state index contributed by atoms with van der Waals surface area (Å²) in [6.45, 7) is 2.86. The molecule has 1 aromatic heterocycles. The molecule has 1 heterocycles. The van der Waals surface area contributed by atoms with Gasteiger partial charge in [-0.25, -0.2) is 4.98 Å². The zero-order valence-electron chi connectivity index (χ0n) is 8.11. The van der Waals surface area contributed by atoms with Crippen molar-refractivity contribution in [2.24, 2.45) is 0 Å². The molecule has 0 atom stereocenters. The molecule has 0 aliphatic heterocycles. The van der Waals surface area contributed by atoms with Gasteiger partial charge in [0.05, 0.1) is 19.0 Å². The predicted molar refractivity (Wildman–Crippen MR) is 51.9 cm³/mol. The Labute approximate surface area is 77.5 Å². The van der Waals surface area contributed by atoms with Crippen LogP contribution in [0.1, 0.15) is 6.92 Å². The van der Waals surface area contributed by atoms with Crippen LogP contribution in [0.2, 0.25) is 0 Å². The van der Waals surface area contributed by atoms with Gasteiger partial charge in [0.25, 0.3) is 0 Å². The number of methoxy groups -OCH3 is 1. The molecule has 72 valence electrons. The van der Waals surface area contributed by atoms with E-state index in [2.05, 4.69) is 9.97 Å². The molecule has 2 N–H and O–H groups in total. The number of anilines is 2. The third-order valence-corrected chi connectivity index (χ3v) is 1.79. The molecule has 0 aromatic carbocycles. The average Bonchev–Trinajstić information content (AvgIpc) is 2.17. The van der Waals surface area contributed by atoms with Gasteiger partial charge in [-0.2, -0.15) is 4.98 Å². The predicted octanol–water partition coefficient (Wildman–Crippen LogP) is 0.523. The van der Waals surface area contributed by atoms with Crippen LogP contribution in [0.25, 0.3) is 0 Å². The van der Waals surface area contributed by atoms with Gasteiger partial charge in [0.1, 0.15) is 0 Å². The van der Waals surface area contributed by atoms with Crippen molar-refractivity contribution in [3.8, 4) is 6.01 Å². The standard InChI is InChI=1S/C8H14N4O/c1-4-12(2)7-6(9)5-10-8(11-7)13-3/h5H,4,9H2,1-3H3. The molecule has 1 aromatic rings. The van der Waals surface area contributed by atoms with Gasteiger partial charge in [0.2, 0.25) is 0 Å². The molecule has 5 nitrogen and oxygen atoms in total. The second-order valence-electron chi connectivity index (χ2n) is 2.65. The van der Waals surface area contributed by atoms with Crippen LogP contribution in [0.5, 0.6) is 6.01 Å². The summed E-state index contributed by atoms with van der Waals surface area (Å²) < 4.78 is 4.90. The van der Waals surface area contributed by atoms with E-state index in [1.165, 1.54) is 7.11 Å². The Morgan fingerprint density at radius 3 is 2.85 bits per heavy atom. The highest BCUT2D eigenvalue weighted by Gasteiger charge is 2.07. The Hall–Kier alpha value is -1.52. The topological polar surface area (TPSA) is 64.3 Å². The molecule has 1 rings (SSSR count). The fourth-order valence-electron chi connectivity index (χ4n) is 0.920. The third kappa shape index (κ3) is 1.99. The molecular formula is C8H14N4O. The second kappa shape index (κ2) is 3.93. The Morgan fingerprint density at radius 2 is 2.31 bits per heavy atom. The number of ether oxygens (including phenoxy) is 1. The molecule has 0 unspecified atom stereocenters. The Kier molecular flexibility index (Phi) is 2.89. The van der Waals surface area contributed by atoms with E-state index in [9.17, 15) is 0 Å². The maximum absolute atomic E-state index is 5.70. The minimum atomic E-state index is 0.338. The highest BCUT2D eigenvalue weighted by Crippen LogP contribution is 2.19. The van der Waals surface area contributed by atoms with Gasteiger partial charge >= 0.3 is 6.01 Å². The molecule has 13 heavy (non-hydrogen) atoms. The van der Waals surface area contributed by atoms with Crippen LogP contribution >= 0.6 is 0 Å². The summed E-state index contributed by atoms with van der Waals surface area (Å²) in [4.78, 5) is 9.95. The Bertz CT molecular complexity index is 289. The van der Waals surface area contributed by atoms with E-state index < -0.39 is 0 Å². The van der Waals surface area contributed by atoms with Gasteiger partial charge in [0, 0.05) is 13.6 Å². The lowest BCUT2D eigenvalue weighted by atomic mass is 10.4. The quantitative estimate of drug-likeness (QED) is 0.738. The lowest BCUT2D eigenvalue weighted by Gasteiger charge is -2.17. The SMILES string of the molecule is CCN(C)c1nc(OC)ncc1N. The van der Waals surface area contributed by atoms with E-state index in [0.29, 0.717) is 17.5 Å². The molecule has 0 aliphatic rings. The number of hydrogen-bond acceptors (Lipinski definition) is 5. The molecule has 5 heteroatoms. The van der Waals surface area contributed by atoms with Gasteiger partial charge < -0.3 is 15.4 Å². The monoisotopic (exact) mass is 182 g/mol. The van der Waals surface area contributed by atoms with Crippen molar-refractivity contribution >= 4 is 11.5 Å². The van der Waals surface area contributed by atoms with Gasteiger partial charge in [0.15, 0.2) is 5.82 Å². The lowest BCUT2D eigenvalue weighted by Crippen LogP contribution is -2.19. The maximum atomic E-state index is 5.70. The van der Waals surface area contributed by atoms with Crippen LogP contribution in [0, 0.1) is 0 Å². The average molecular weight is 182 g/mol. The van der Waals surface area contributed by atoms with E-state index in [4.69, 9.17) is 10.5 Å². The minimum Gasteiger partial charge on any atom is -0.467 e. The normalized spacial score (nSPS) is 9.77. The number of nitrogens with zero attached hydrogens (tertiary/aromatic N) is 3. The first kappa shape index (κ1) is 9.57. The van der Waals surface area contributed by atoms with Crippen molar-refractivity contribution in [2.45, 2.75) is 6.92 Å².